The average molecular weight is 184 g/mol. The number of hydrogen-bond donors (Lipinski definition) is 2. The first-order chi connectivity index (χ1) is 6.20. The minimum absolute atomic E-state index is 0.114. The molecule has 0 fully saturated rings. The first kappa shape index (κ1) is 9.73. The van der Waals surface area contributed by atoms with Crippen LogP contribution in [0.1, 0.15) is 6.42 Å². The summed E-state index contributed by atoms with van der Waals surface area (Å²) >= 11 is 0. The highest BCUT2D eigenvalue weighted by Crippen LogP contribution is 2.06. The third-order valence-corrected chi connectivity index (χ3v) is 1.68. The van der Waals surface area contributed by atoms with E-state index in [9.17, 15) is 9.59 Å². The van der Waals surface area contributed by atoms with Crippen LogP contribution in [0.3, 0.4) is 0 Å². The summed E-state index contributed by atoms with van der Waals surface area (Å²) in [6.07, 6.45) is 2.30. The van der Waals surface area contributed by atoms with Crippen LogP contribution >= 0.6 is 0 Å². The van der Waals surface area contributed by atoms with Gasteiger partial charge in [0.1, 0.15) is 0 Å². The average Bonchev–Trinajstić information content (AvgIpc) is 2.15. The van der Waals surface area contributed by atoms with Gasteiger partial charge in [-0.05, 0) is 0 Å². The molecule has 0 unspecified atom stereocenters. The van der Waals surface area contributed by atoms with Gasteiger partial charge in [0.2, 0.25) is 11.8 Å². The molecule has 0 atom stereocenters. The molecule has 0 aromatic heterocycles. The summed E-state index contributed by atoms with van der Waals surface area (Å²) in [6.45, 7) is 0.895. The third-order valence-electron chi connectivity index (χ3n) is 1.68. The molecule has 0 spiro atoms. The molecule has 1 rings (SSSR count). The van der Waals surface area contributed by atoms with Crippen molar-refractivity contribution in [1.29, 1.82) is 0 Å². The Balaban J connectivity index is 2.38. The molecule has 1 aliphatic heterocycles. The number of nitrogens with one attached hydrogen (secondary N) is 1. The van der Waals surface area contributed by atoms with Gasteiger partial charge in [-0.2, -0.15) is 0 Å². The zero-order valence-corrected chi connectivity index (χ0v) is 7.21. The summed E-state index contributed by atoms with van der Waals surface area (Å²) in [5, 5.41) is 2.41. The van der Waals surface area contributed by atoms with Crippen molar-refractivity contribution >= 4 is 11.8 Å². The molecule has 0 radical (unpaired) electrons. The molecule has 5 nitrogen and oxygen atoms in total. The van der Waals surface area contributed by atoms with E-state index in [-0.39, 0.29) is 12.5 Å². The highest BCUT2D eigenvalue weighted by atomic mass is 16.5. The van der Waals surface area contributed by atoms with Crippen LogP contribution in [0, 0.1) is 0 Å². The monoisotopic (exact) mass is 184 g/mol. The number of carbonyl (C=O) groups excluding carboxylic acids is 2. The number of nitrogens with two attached hydrogens (primary N) is 1. The lowest BCUT2D eigenvalue weighted by Crippen LogP contribution is -2.34. The molecule has 0 saturated carbocycles. The Labute approximate surface area is 75.9 Å². The molecule has 0 saturated heterocycles. The lowest BCUT2D eigenvalue weighted by Gasteiger charge is -2.12. The summed E-state index contributed by atoms with van der Waals surface area (Å²) < 4.78 is 5.03. The van der Waals surface area contributed by atoms with Gasteiger partial charge < -0.3 is 15.8 Å². The molecule has 0 aromatic rings. The fraction of sp³-hybridized carbons (Fsp3) is 0.500. The van der Waals surface area contributed by atoms with Crippen LogP contribution in [-0.2, 0) is 14.3 Å². The number of ether oxygens (including phenoxy) is 1. The molecule has 5 heteroatoms. The molecule has 72 valence electrons. The molecule has 2 amide bonds. The lowest BCUT2D eigenvalue weighted by molar-refractivity contribution is -0.122. The largest absolute Gasteiger partial charge is 0.377 e. The van der Waals surface area contributed by atoms with E-state index >= 15 is 0 Å². The van der Waals surface area contributed by atoms with Crippen molar-refractivity contribution in [2.24, 2.45) is 5.73 Å². The molecule has 1 heterocycles. The highest BCUT2D eigenvalue weighted by molar-refractivity contribution is 5.95. The minimum atomic E-state index is -0.541. The number of amides is 2. The van der Waals surface area contributed by atoms with E-state index in [2.05, 4.69) is 5.32 Å². The van der Waals surface area contributed by atoms with Crippen molar-refractivity contribution in [3.8, 4) is 0 Å². The van der Waals surface area contributed by atoms with Gasteiger partial charge in [-0.1, -0.05) is 6.08 Å². The number of carbonyl (C=O) groups is 2. The number of rotatable bonds is 3. The second-order valence-electron chi connectivity index (χ2n) is 2.70. The Morgan fingerprint density at radius 3 is 2.92 bits per heavy atom. The summed E-state index contributed by atoms with van der Waals surface area (Å²) in [6, 6.07) is 0. The number of hydrogen-bond acceptors (Lipinski definition) is 3. The van der Waals surface area contributed by atoms with E-state index in [1.165, 1.54) is 0 Å². The van der Waals surface area contributed by atoms with Crippen LogP contribution in [0.15, 0.2) is 11.6 Å². The van der Waals surface area contributed by atoms with E-state index in [0.717, 1.165) is 0 Å². The van der Waals surface area contributed by atoms with Crippen molar-refractivity contribution in [1.82, 2.24) is 5.32 Å². The zero-order valence-electron chi connectivity index (χ0n) is 7.21. The molecule has 13 heavy (non-hydrogen) atoms. The van der Waals surface area contributed by atoms with Gasteiger partial charge >= 0.3 is 0 Å². The van der Waals surface area contributed by atoms with Crippen molar-refractivity contribution in [2.75, 3.05) is 19.8 Å². The van der Waals surface area contributed by atoms with Crippen LogP contribution < -0.4 is 11.1 Å². The Kier molecular flexibility index (Phi) is 3.45. The quantitative estimate of drug-likeness (QED) is 0.586. The Hall–Kier alpha value is -1.36. The normalized spacial score (nSPS) is 16.2. The molecular formula is C8H12N2O3. The SMILES string of the molecule is NC(=O)CNC(=O)C1=CCOCC1. The number of primary amides is 1. The van der Waals surface area contributed by atoms with Crippen molar-refractivity contribution in [3.05, 3.63) is 11.6 Å². The molecule has 1 aliphatic rings. The van der Waals surface area contributed by atoms with Gasteiger partial charge in [-0.25, -0.2) is 0 Å². The summed E-state index contributed by atoms with van der Waals surface area (Å²) in [4.78, 5) is 21.6. The van der Waals surface area contributed by atoms with E-state index in [4.69, 9.17) is 10.5 Å². The summed E-state index contributed by atoms with van der Waals surface area (Å²) in [5.74, 6) is -0.775. The van der Waals surface area contributed by atoms with E-state index in [0.29, 0.717) is 25.2 Å². The topological polar surface area (TPSA) is 81.4 Å². The fourth-order valence-corrected chi connectivity index (χ4v) is 1.01. The van der Waals surface area contributed by atoms with Crippen molar-refractivity contribution in [2.45, 2.75) is 6.42 Å². The maximum absolute atomic E-state index is 11.3. The van der Waals surface area contributed by atoms with Gasteiger partial charge in [-0.3, -0.25) is 9.59 Å². The van der Waals surface area contributed by atoms with Crippen LogP contribution in [-0.4, -0.2) is 31.6 Å². The predicted octanol–water partition coefficient (Wildman–Crippen LogP) is -1.07. The van der Waals surface area contributed by atoms with Gasteiger partial charge in [0.05, 0.1) is 19.8 Å². The molecular weight excluding hydrogens is 172 g/mol. The zero-order chi connectivity index (χ0) is 9.68. The first-order valence-corrected chi connectivity index (χ1v) is 4.03. The van der Waals surface area contributed by atoms with Crippen molar-refractivity contribution < 1.29 is 14.3 Å². The Morgan fingerprint density at radius 1 is 1.62 bits per heavy atom. The van der Waals surface area contributed by atoms with E-state index < -0.39 is 5.91 Å². The Bertz CT molecular complexity index is 248. The second-order valence-corrected chi connectivity index (χ2v) is 2.70. The van der Waals surface area contributed by atoms with Crippen molar-refractivity contribution in [3.63, 3.8) is 0 Å². The smallest absolute Gasteiger partial charge is 0.247 e. The first-order valence-electron chi connectivity index (χ1n) is 4.03. The standard InChI is InChI=1S/C8H12N2O3/c9-7(11)5-10-8(12)6-1-3-13-4-2-6/h1H,2-5H2,(H2,9,11)(H,10,12). The summed E-state index contributed by atoms with van der Waals surface area (Å²) in [7, 11) is 0. The summed E-state index contributed by atoms with van der Waals surface area (Å²) in [5.41, 5.74) is 5.53. The maximum atomic E-state index is 11.3. The minimum Gasteiger partial charge on any atom is -0.377 e. The van der Waals surface area contributed by atoms with Gasteiger partial charge in [0.15, 0.2) is 0 Å². The van der Waals surface area contributed by atoms with Crippen LogP contribution in [0.4, 0.5) is 0 Å². The van der Waals surface area contributed by atoms with Gasteiger partial charge in [0.25, 0.3) is 0 Å². The van der Waals surface area contributed by atoms with Crippen LogP contribution in [0.2, 0.25) is 0 Å². The second kappa shape index (κ2) is 4.61. The highest BCUT2D eigenvalue weighted by Gasteiger charge is 2.12. The molecule has 0 aromatic carbocycles. The predicted molar refractivity (Wildman–Crippen MR) is 45.7 cm³/mol. The van der Waals surface area contributed by atoms with E-state index in [1.807, 2.05) is 0 Å². The Morgan fingerprint density at radius 2 is 2.38 bits per heavy atom. The van der Waals surface area contributed by atoms with Crippen LogP contribution in [0.5, 0.6) is 0 Å². The van der Waals surface area contributed by atoms with Gasteiger partial charge in [0, 0.05) is 12.0 Å². The molecule has 0 bridgehead atoms. The fourth-order valence-electron chi connectivity index (χ4n) is 1.01. The van der Waals surface area contributed by atoms with Crippen LogP contribution in [0.25, 0.3) is 0 Å². The maximum Gasteiger partial charge on any atom is 0.247 e. The lowest BCUT2D eigenvalue weighted by atomic mass is 10.1. The molecule has 3 N–H and O–H groups in total. The third kappa shape index (κ3) is 3.25. The van der Waals surface area contributed by atoms with Gasteiger partial charge in [-0.15, -0.1) is 0 Å². The molecule has 0 aliphatic carbocycles. The van der Waals surface area contributed by atoms with E-state index in [1.54, 1.807) is 6.08 Å².